The minimum Gasteiger partial charge on any atom is -0.382 e. The number of rotatable bonds is 6. The minimum absolute atomic E-state index is 0.0408. The van der Waals surface area contributed by atoms with Crippen LogP contribution < -0.4 is 16.2 Å². The van der Waals surface area contributed by atoms with Crippen LogP contribution in [0, 0.1) is 5.92 Å². The molecule has 6 heteroatoms. The largest absolute Gasteiger partial charge is 0.382 e. The molecule has 0 aliphatic carbocycles. The highest BCUT2D eigenvalue weighted by atomic mass is 16.5. The normalized spacial score (nSPS) is 16.5. The van der Waals surface area contributed by atoms with Crippen LogP contribution in [-0.2, 0) is 11.3 Å². The number of nitrogens with zero attached hydrogens (tertiary/aromatic N) is 2. The van der Waals surface area contributed by atoms with Crippen molar-refractivity contribution in [3.05, 3.63) is 22.6 Å². The molecule has 1 aliphatic heterocycles. The predicted octanol–water partition coefficient (Wildman–Crippen LogP) is 0.301. The topological polar surface area (TPSA) is 68.2 Å². The van der Waals surface area contributed by atoms with Gasteiger partial charge in [0, 0.05) is 38.9 Å². The summed E-state index contributed by atoms with van der Waals surface area (Å²) in [5.74, 6) is 0.502. The van der Waals surface area contributed by atoms with E-state index in [1.165, 1.54) is 0 Å². The number of ether oxygens (including phenoxy) is 1. The maximum absolute atomic E-state index is 12.0. The van der Waals surface area contributed by atoms with Gasteiger partial charge in [-0.05, 0) is 25.8 Å². The molecule has 1 saturated heterocycles. The van der Waals surface area contributed by atoms with Gasteiger partial charge in [-0.15, -0.1) is 0 Å². The fourth-order valence-corrected chi connectivity index (χ4v) is 2.17. The second-order valence-corrected chi connectivity index (χ2v) is 4.85. The van der Waals surface area contributed by atoms with Crippen molar-refractivity contribution in [2.24, 2.45) is 5.92 Å². The molecule has 0 spiro atoms. The summed E-state index contributed by atoms with van der Waals surface area (Å²) in [6.45, 7) is 3.91. The van der Waals surface area contributed by atoms with Crippen LogP contribution in [0.4, 0.5) is 5.69 Å². The van der Waals surface area contributed by atoms with Gasteiger partial charge in [0.25, 0.3) is 5.56 Å². The fraction of sp³-hybridized carbons (Fsp3) is 0.692. The van der Waals surface area contributed by atoms with Crippen molar-refractivity contribution in [3.8, 4) is 0 Å². The van der Waals surface area contributed by atoms with E-state index in [1.807, 2.05) is 7.05 Å². The highest BCUT2D eigenvalue weighted by molar-refractivity contribution is 5.38. The van der Waals surface area contributed by atoms with Crippen molar-refractivity contribution in [3.63, 3.8) is 0 Å². The summed E-state index contributed by atoms with van der Waals surface area (Å²) in [6.07, 6.45) is 3.74. The van der Waals surface area contributed by atoms with Crippen LogP contribution in [0.1, 0.15) is 12.8 Å². The van der Waals surface area contributed by atoms with Crippen LogP contribution in [-0.4, -0.2) is 43.1 Å². The average molecular weight is 266 g/mol. The molecular formula is C13H22N4O2. The lowest BCUT2D eigenvalue weighted by molar-refractivity contribution is 0.0596. The highest BCUT2D eigenvalue weighted by Gasteiger charge is 2.15. The van der Waals surface area contributed by atoms with Crippen molar-refractivity contribution < 1.29 is 4.74 Å². The van der Waals surface area contributed by atoms with Gasteiger partial charge in [0.1, 0.15) is 0 Å². The number of nitrogens with one attached hydrogen (secondary N) is 2. The van der Waals surface area contributed by atoms with E-state index in [2.05, 4.69) is 15.7 Å². The molecule has 2 rings (SSSR count). The molecule has 106 valence electrons. The maximum Gasteiger partial charge on any atom is 0.268 e. The molecule has 0 atom stereocenters. The smallest absolute Gasteiger partial charge is 0.268 e. The Labute approximate surface area is 113 Å². The van der Waals surface area contributed by atoms with Crippen LogP contribution in [0.25, 0.3) is 0 Å². The van der Waals surface area contributed by atoms with Crippen LogP contribution in [0.5, 0.6) is 0 Å². The first-order valence-corrected chi connectivity index (χ1v) is 6.83. The van der Waals surface area contributed by atoms with Crippen molar-refractivity contribution in [1.82, 2.24) is 15.1 Å². The number of anilines is 1. The Morgan fingerprint density at radius 2 is 2.21 bits per heavy atom. The molecule has 0 saturated carbocycles. The van der Waals surface area contributed by atoms with Crippen molar-refractivity contribution in [2.75, 3.05) is 38.7 Å². The molecule has 0 amide bonds. The first-order chi connectivity index (χ1) is 9.29. The van der Waals surface area contributed by atoms with Crippen molar-refractivity contribution in [2.45, 2.75) is 19.4 Å². The SMILES string of the molecule is CNCCNc1cnn(CC2CCOCC2)c(=O)c1. The van der Waals surface area contributed by atoms with Crippen molar-refractivity contribution in [1.29, 1.82) is 0 Å². The van der Waals surface area contributed by atoms with E-state index in [0.717, 1.165) is 44.8 Å². The van der Waals surface area contributed by atoms with Gasteiger partial charge in [-0.1, -0.05) is 0 Å². The molecule has 0 radical (unpaired) electrons. The molecule has 0 aromatic carbocycles. The fourth-order valence-electron chi connectivity index (χ4n) is 2.17. The molecule has 0 unspecified atom stereocenters. The highest BCUT2D eigenvalue weighted by Crippen LogP contribution is 2.15. The third kappa shape index (κ3) is 4.33. The lowest BCUT2D eigenvalue weighted by Gasteiger charge is -2.22. The summed E-state index contributed by atoms with van der Waals surface area (Å²) in [7, 11) is 1.89. The van der Waals surface area contributed by atoms with E-state index in [9.17, 15) is 4.79 Å². The molecule has 1 fully saturated rings. The van der Waals surface area contributed by atoms with E-state index in [1.54, 1.807) is 16.9 Å². The number of hydrogen-bond acceptors (Lipinski definition) is 5. The second-order valence-electron chi connectivity index (χ2n) is 4.85. The van der Waals surface area contributed by atoms with E-state index in [4.69, 9.17) is 4.74 Å². The molecule has 2 N–H and O–H groups in total. The Balaban J connectivity index is 1.92. The van der Waals surface area contributed by atoms with Crippen LogP contribution in [0.3, 0.4) is 0 Å². The lowest BCUT2D eigenvalue weighted by Crippen LogP contribution is -2.29. The Hall–Kier alpha value is -1.40. The third-order valence-corrected chi connectivity index (χ3v) is 3.35. The summed E-state index contributed by atoms with van der Waals surface area (Å²) in [5.41, 5.74) is 0.740. The quantitative estimate of drug-likeness (QED) is 0.725. The van der Waals surface area contributed by atoms with E-state index >= 15 is 0 Å². The summed E-state index contributed by atoms with van der Waals surface area (Å²) >= 11 is 0. The Morgan fingerprint density at radius 3 is 2.89 bits per heavy atom. The molecule has 19 heavy (non-hydrogen) atoms. The molecular weight excluding hydrogens is 244 g/mol. The monoisotopic (exact) mass is 266 g/mol. The maximum atomic E-state index is 12.0. The van der Waals surface area contributed by atoms with E-state index < -0.39 is 0 Å². The van der Waals surface area contributed by atoms with Gasteiger partial charge in [-0.25, -0.2) is 4.68 Å². The van der Waals surface area contributed by atoms with Gasteiger partial charge in [0.05, 0.1) is 11.9 Å². The standard InChI is InChI=1S/C13H22N4O2/c1-14-4-5-15-12-8-13(18)17(16-9-12)10-11-2-6-19-7-3-11/h8-9,11,14-15H,2-7,10H2,1H3. The zero-order chi connectivity index (χ0) is 13.5. The second kappa shape index (κ2) is 7.25. The van der Waals surface area contributed by atoms with Gasteiger partial charge < -0.3 is 15.4 Å². The van der Waals surface area contributed by atoms with Gasteiger partial charge in [0.15, 0.2) is 0 Å². The predicted molar refractivity (Wildman–Crippen MR) is 74.5 cm³/mol. The van der Waals surface area contributed by atoms with Crippen LogP contribution in [0.15, 0.2) is 17.1 Å². The summed E-state index contributed by atoms with van der Waals surface area (Å²) < 4.78 is 6.87. The van der Waals surface area contributed by atoms with Crippen molar-refractivity contribution >= 4 is 5.69 Å². The summed E-state index contributed by atoms with van der Waals surface area (Å²) in [5, 5.41) is 10.4. The van der Waals surface area contributed by atoms with Gasteiger partial charge in [-0.2, -0.15) is 5.10 Å². The van der Waals surface area contributed by atoms with E-state index in [0.29, 0.717) is 12.5 Å². The summed E-state index contributed by atoms with van der Waals surface area (Å²) in [6, 6.07) is 1.61. The molecule has 1 aliphatic rings. The molecule has 2 heterocycles. The first kappa shape index (κ1) is 14.0. The molecule has 1 aromatic heterocycles. The first-order valence-electron chi connectivity index (χ1n) is 6.83. The van der Waals surface area contributed by atoms with E-state index in [-0.39, 0.29) is 5.56 Å². The van der Waals surface area contributed by atoms with Gasteiger partial charge >= 0.3 is 0 Å². The minimum atomic E-state index is -0.0408. The van der Waals surface area contributed by atoms with Crippen LogP contribution in [0.2, 0.25) is 0 Å². The number of aromatic nitrogens is 2. The number of hydrogen-bond donors (Lipinski definition) is 2. The molecule has 6 nitrogen and oxygen atoms in total. The summed E-state index contributed by atoms with van der Waals surface area (Å²) in [4.78, 5) is 12.0. The van der Waals surface area contributed by atoms with Gasteiger partial charge in [0.2, 0.25) is 0 Å². The lowest BCUT2D eigenvalue weighted by atomic mass is 10.0. The molecule has 0 bridgehead atoms. The Morgan fingerprint density at radius 1 is 1.42 bits per heavy atom. The third-order valence-electron chi connectivity index (χ3n) is 3.35. The zero-order valence-electron chi connectivity index (χ0n) is 11.4. The Kier molecular flexibility index (Phi) is 5.35. The van der Waals surface area contributed by atoms with Gasteiger partial charge in [-0.3, -0.25) is 4.79 Å². The van der Waals surface area contributed by atoms with Crippen LogP contribution >= 0.6 is 0 Å². The Bertz CT molecular complexity index is 441. The number of likely N-dealkylation sites (N-methyl/N-ethyl adjacent to an activating group) is 1. The average Bonchev–Trinajstić information content (AvgIpc) is 2.43. The zero-order valence-corrected chi connectivity index (χ0v) is 11.4. The molecule has 1 aromatic rings.